The molecule has 0 saturated carbocycles. The van der Waals surface area contributed by atoms with E-state index in [1.807, 2.05) is 0 Å². The average molecular weight is 200 g/mol. The van der Waals surface area contributed by atoms with E-state index in [4.69, 9.17) is 4.74 Å². The first kappa shape index (κ1) is 14.0. The smallest absolute Gasteiger partial charge is 0.0572 e. The second-order valence-electron chi connectivity index (χ2n) is 5.05. The van der Waals surface area contributed by atoms with Gasteiger partial charge in [-0.15, -0.1) is 0 Å². The third-order valence-corrected chi connectivity index (χ3v) is 2.57. The maximum atomic E-state index is 5.85. The van der Waals surface area contributed by atoms with E-state index >= 15 is 0 Å². The van der Waals surface area contributed by atoms with Crippen LogP contribution in [0.5, 0.6) is 0 Å². The maximum Gasteiger partial charge on any atom is 0.0572 e. The van der Waals surface area contributed by atoms with Gasteiger partial charge in [0.2, 0.25) is 0 Å². The molecule has 0 fully saturated rings. The van der Waals surface area contributed by atoms with Gasteiger partial charge in [0.15, 0.2) is 0 Å². The molecule has 1 heteroatoms. The number of hydrogen-bond acceptors (Lipinski definition) is 1. The highest BCUT2D eigenvalue weighted by molar-refractivity contribution is 4.58. The quantitative estimate of drug-likeness (QED) is 0.569. The van der Waals surface area contributed by atoms with E-state index in [0.29, 0.717) is 6.10 Å². The normalized spacial score (nSPS) is 13.9. The Bertz CT molecular complexity index is 118. The van der Waals surface area contributed by atoms with Crippen molar-refractivity contribution in [1.29, 1.82) is 0 Å². The first-order chi connectivity index (χ1) is 6.56. The van der Waals surface area contributed by atoms with Gasteiger partial charge in [-0.25, -0.2) is 0 Å². The Hall–Kier alpha value is -0.0400. The van der Waals surface area contributed by atoms with Crippen molar-refractivity contribution in [3.8, 4) is 0 Å². The lowest BCUT2D eigenvalue weighted by atomic mass is 10.0. The van der Waals surface area contributed by atoms with Crippen LogP contribution in [-0.2, 0) is 4.74 Å². The maximum absolute atomic E-state index is 5.85. The largest absolute Gasteiger partial charge is 0.378 e. The molecule has 1 atom stereocenters. The molecule has 0 aromatic heterocycles. The summed E-state index contributed by atoms with van der Waals surface area (Å²) in [6.07, 6.45) is 5.37. The van der Waals surface area contributed by atoms with Crippen LogP contribution < -0.4 is 0 Å². The number of rotatable bonds is 8. The summed E-state index contributed by atoms with van der Waals surface area (Å²) in [6.45, 7) is 12.2. The van der Waals surface area contributed by atoms with Gasteiger partial charge in [0.1, 0.15) is 0 Å². The molecule has 1 unspecified atom stereocenters. The summed E-state index contributed by atoms with van der Waals surface area (Å²) in [5.74, 6) is 1.57. The molecule has 0 bridgehead atoms. The predicted molar refractivity (Wildman–Crippen MR) is 63.6 cm³/mol. The van der Waals surface area contributed by atoms with E-state index in [2.05, 4.69) is 34.6 Å². The molecular formula is C13H28O. The zero-order valence-electron chi connectivity index (χ0n) is 10.7. The van der Waals surface area contributed by atoms with Crippen molar-refractivity contribution in [1.82, 2.24) is 0 Å². The fourth-order valence-electron chi connectivity index (χ4n) is 1.39. The fraction of sp³-hybridized carbons (Fsp3) is 1.00. The van der Waals surface area contributed by atoms with Crippen LogP contribution in [0.1, 0.15) is 60.3 Å². The summed E-state index contributed by atoms with van der Waals surface area (Å²) < 4.78 is 5.85. The lowest BCUT2D eigenvalue weighted by Gasteiger charge is -2.17. The Morgan fingerprint density at radius 3 is 1.86 bits per heavy atom. The van der Waals surface area contributed by atoms with E-state index in [9.17, 15) is 0 Å². The molecule has 0 amide bonds. The van der Waals surface area contributed by atoms with Crippen molar-refractivity contribution < 1.29 is 4.74 Å². The van der Waals surface area contributed by atoms with E-state index in [-0.39, 0.29) is 0 Å². The van der Waals surface area contributed by atoms with Gasteiger partial charge >= 0.3 is 0 Å². The molecule has 86 valence electrons. The van der Waals surface area contributed by atoms with Crippen molar-refractivity contribution in [2.24, 2.45) is 11.8 Å². The summed E-state index contributed by atoms with van der Waals surface area (Å²) in [4.78, 5) is 0. The SMILES string of the molecule is CCC(CCC(C)C)OCCC(C)C. The van der Waals surface area contributed by atoms with Crippen molar-refractivity contribution in [3.63, 3.8) is 0 Å². The molecule has 0 aliphatic heterocycles. The van der Waals surface area contributed by atoms with Crippen LogP contribution in [0.25, 0.3) is 0 Å². The van der Waals surface area contributed by atoms with Crippen molar-refractivity contribution in [2.75, 3.05) is 6.61 Å². The van der Waals surface area contributed by atoms with E-state index in [0.717, 1.165) is 24.9 Å². The van der Waals surface area contributed by atoms with Gasteiger partial charge in [-0.3, -0.25) is 0 Å². The first-order valence-electron chi connectivity index (χ1n) is 6.17. The average Bonchev–Trinajstić information content (AvgIpc) is 2.10. The lowest BCUT2D eigenvalue weighted by Crippen LogP contribution is -2.14. The van der Waals surface area contributed by atoms with Gasteiger partial charge in [-0.2, -0.15) is 0 Å². The molecule has 14 heavy (non-hydrogen) atoms. The molecule has 0 heterocycles. The zero-order chi connectivity index (χ0) is 11.0. The molecule has 0 N–H and O–H groups in total. The molecule has 1 nitrogen and oxygen atoms in total. The molecule has 0 aliphatic carbocycles. The summed E-state index contributed by atoms with van der Waals surface area (Å²) in [7, 11) is 0. The monoisotopic (exact) mass is 200 g/mol. The Morgan fingerprint density at radius 1 is 0.857 bits per heavy atom. The molecule has 0 spiro atoms. The molecule has 0 saturated heterocycles. The molecule has 0 aromatic rings. The highest BCUT2D eigenvalue weighted by Gasteiger charge is 2.07. The predicted octanol–water partition coefficient (Wildman–Crippen LogP) is 4.26. The Morgan fingerprint density at radius 2 is 1.43 bits per heavy atom. The van der Waals surface area contributed by atoms with Crippen LogP contribution in [0.4, 0.5) is 0 Å². The topological polar surface area (TPSA) is 9.23 Å². The first-order valence-corrected chi connectivity index (χ1v) is 6.17. The van der Waals surface area contributed by atoms with Gasteiger partial charge in [0.05, 0.1) is 6.10 Å². The van der Waals surface area contributed by atoms with Crippen molar-refractivity contribution in [2.45, 2.75) is 66.4 Å². The molecule has 0 radical (unpaired) electrons. The molecular weight excluding hydrogens is 172 g/mol. The standard InChI is InChI=1S/C13H28O/c1-6-13(8-7-11(2)3)14-10-9-12(4)5/h11-13H,6-10H2,1-5H3. The van der Waals surface area contributed by atoms with Crippen LogP contribution in [0.15, 0.2) is 0 Å². The van der Waals surface area contributed by atoms with Gasteiger partial charge in [0, 0.05) is 6.61 Å². The minimum atomic E-state index is 0.496. The van der Waals surface area contributed by atoms with Crippen LogP contribution >= 0.6 is 0 Å². The Kier molecular flexibility index (Phi) is 8.26. The zero-order valence-corrected chi connectivity index (χ0v) is 10.7. The number of ether oxygens (including phenoxy) is 1. The van der Waals surface area contributed by atoms with Gasteiger partial charge in [-0.05, 0) is 37.5 Å². The van der Waals surface area contributed by atoms with Gasteiger partial charge in [0.25, 0.3) is 0 Å². The van der Waals surface area contributed by atoms with E-state index in [1.165, 1.54) is 19.3 Å². The van der Waals surface area contributed by atoms with Gasteiger partial charge in [-0.1, -0.05) is 34.6 Å². The summed E-state index contributed by atoms with van der Waals surface area (Å²) >= 11 is 0. The van der Waals surface area contributed by atoms with E-state index in [1.54, 1.807) is 0 Å². The third-order valence-electron chi connectivity index (χ3n) is 2.57. The van der Waals surface area contributed by atoms with Crippen LogP contribution in [0.2, 0.25) is 0 Å². The molecule has 0 aromatic carbocycles. The Balaban J connectivity index is 3.48. The van der Waals surface area contributed by atoms with Crippen LogP contribution in [0.3, 0.4) is 0 Å². The second-order valence-corrected chi connectivity index (χ2v) is 5.05. The highest BCUT2D eigenvalue weighted by atomic mass is 16.5. The second kappa shape index (κ2) is 8.28. The minimum absolute atomic E-state index is 0.496. The minimum Gasteiger partial charge on any atom is -0.378 e. The summed E-state index contributed by atoms with van der Waals surface area (Å²) in [5.41, 5.74) is 0. The van der Waals surface area contributed by atoms with Gasteiger partial charge < -0.3 is 4.74 Å². The van der Waals surface area contributed by atoms with Crippen LogP contribution in [0, 0.1) is 11.8 Å². The van der Waals surface area contributed by atoms with Crippen molar-refractivity contribution in [3.05, 3.63) is 0 Å². The number of hydrogen-bond donors (Lipinski definition) is 0. The molecule has 0 aliphatic rings. The highest BCUT2D eigenvalue weighted by Crippen LogP contribution is 2.13. The Labute approximate surface area is 90.2 Å². The summed E-state index contributed by atoms with van der Waals surface area (Å²) in [6, 6.07) is 0. The fourth-order valence-corrected chi connectivity index (χ4v) is 1.39. The third kappa shape index (κ3) is 8.55. The lowest BCUT2D eigenvalue weighted by molar-refractivity contribution is 0.0353. The molecule has 0 rings (SSSR count). The van der Waals surface area contributed by atoms with Crippen molar-refractivity contribution >= 4 is 0 Å². The van der Waals surface area contributed by atoms with Crippen LogP contribution in [-0.4, -0.2) is 12.7 Å². The van der Waals surface area contributed by atoms with E-state index < -0.39 is 0 Å². The summed E-state index contributed by atoms with van der Waals surface area (Å²) in [5, 5.41) is 0.